The third-order valence-corrected chi connectivity index (χ3v) is 7.19. The van der Waals surface area contributed by atoms with Crippen LogP contribution in [0, 0.1) is 30.3 Å². The number of fused-ring (bicyclic) bond motifs is 2. The molecule has 19 heteroatoms. The number of hydrazine groups is 1. The average Bonchev–Trinajstić information content (AvgIpc) is 3.07. The summed E-state index contributed by atoms with van der Waals surface area (Å²) in [6.45, 7) is 0. The predicted octanol–water partition coefficient (Wildman–Crippen LogP) is -0.0421. The van der Waals surface area contributed by atoms with Gasteiger partial charge in [0.1, 0.15) is 9.79 Å². The molecule has 1 N–H and O–H groups in total. The molecule has 0 radical (unpaired) electrons. The molecule has 0 fully saturated rings. The summed E-state index contributed by atoms with van der Waals surface area (Å²) in [6, 6.07) is 5.45. The van der Waals surface area contributed by atoms with Crippen molar-refractivity contribution in [3.8, 4) is 0 Å². The van der Waals surface area contributed by atoms with Gasteiger partial charge in [-0.05, 0) is 12.1 Å². The molecule has 4 rings (SSSR count). The van der Waals surface area contributed by atoms with Crippen LogP contribution in [-0.2, 0) is 20.0 Å². The zero-order valence-corrected chi connectivity index (χ0v) is 17.1. The molecule has 0 saturated heterocycles. The molecule has 172 valence electrons. The van der Waals surface area contributed by atoms with Gasteiger partial charge in [0.15, 0.2) is 5.03 Å². The summed E-state index contributed by atoms with van der Waals surface area (Å²) in [5.41, 5.74) is -1.47. The van der Waals surface area contributed by atoms with Gasteiger partial charge < -0.3 is 0 Å². The highest BCUT2D eigenvalue weighted by Crippen LogP contribution is 2.32. The lowest BCUT2D eigenvalue weighted by Crippen LogP contribution is -2.35. The van der Waals surface area contributed by atoms with Crippen LogP contribution in [0.15, 0.2) is 46.2 Å². The number of rotatable bonds is 3. The summed E-state index contributed by atoms with van der Waals surface area (Å²) in [6.07, 6.45) is 0. The lowest BCUT2D eigenvalue weighted by atomic mass is 10.2. The molecule has 2 aromatic rings. The molecule has 2 aliphatic heterocycles. The van der Waals surface area contributed by atoms with E-state index in [0.717, 1.165) is 30.3 Å². The van der Waals surface area contributed by atoms with Crippen LogP contribution in [0.5, 0.6) is 0 Å². The van der Waals surface area contributed by atoms with Crippen LogP contribution >= 0.6 is 0 Å². The smallest absolute Gasteiger partial charge is 0.268 e. The molecule has 2 aromatic carbocycles. The van der Waals surface area contributed by atoms with Crippen molar-refractivity contribution in [3.63, 3.8) is 0 Å². The Kier molecular flexibility index (Phi) is 5.30. The van der Waals surface area contributed by atoms with Gasteiger partial charge >= 0.3 is 15.9 Å². The number of hydrogen-bond donors (Lipinski definition) is 1. The maximum absolute atomic E-state index is 11.7. The standard InChI is InChI=1S/C7H3N3O7S.C7H4N2O5S/c11-7-5-2-1-4(9(12)13)3-6(5)18(16,17)8(7)10(14)15;10-7-5-2-1-4(9(11)12)3-6(5)15(13,14)8-7/h1-3H;1-3H,(H,8,10). The quantitative estimate of drug-likeness (QED) is 0.429. The lowest BCUT2D eigenvalue weighted by molar-refractivity contribution is -0.597. The third-order valence-electron chi connectivity index (χ3n) is 4.17. The summed E-state index contributed by atoms with van der Waals surface area (Å²) < 4.78 is 47.1. The topological polar surface area (TPSA) is 247 Å². The second-order valence-electron chi connectivity index (χ2n) is 6.10. The number of nitrogens with zero attached hydrogens (tertiary/aromatic N) is 4. The minimum absolute atomic E-state index is 0.0689. The summed E-state index contributed by atoms with van der Waals surface area (Å²) in [7, 11) is -8.59. The highest BCUT2D eigenvalue weighted by Gasteiger charge is 2.50. The van der Waals surface area contributed by atoms with E-state index in [2.05, 4.69) is 0 Å². The second-order valence-corrected chi connectivity index (χ2v) is 9.49. The Morgan fingerprint density at radius 3 is 1.73 bits per heavy atom. The van der Waals surface area contributed by atoms with Gasteiger partial charge in [0.2, 0.25) is 0 Å². The van der Waals surface area contributed by atoms with Crippen molar-refractivity contribution in [2.75, 3.05) is 0 Å². The van der Waals surface area contributed by atoms with E-state index in [9.17, 15) is 56.8 Å². The second kappa shape index (κ2) is 7.56. The molecule has 33 heavy (non-hydrogen) atoms. The summed E-state index contributed by atoms with van der Waals surface area (Å²) in [5, 5.41) is 30.0. The molecular formula is C14H7N5O12S2. The normalized spacial score (nSPS) is 16.7. The SMILES string of the molecule is O=C1NS(=O)(=O)c2cc([N+](=O)[O-])ccc21.O=C1c2ccc([N+](=O)[O-])cc2S(=O)(=O)N1[N+](=O)[O-]. The maximum Gasteiger partial charge on any atom is 0.334 e. The van der Waals surface area contributed by atoms with E-state index in [1.165, 1.54) is 0 Å². The fourth-order valence-electron chi connectivity index (χ4n) is 2.75. The van der Waals surface area contributed by atoms with Crippen LogP contribution in [0.4, 0.5) is 11.4 Å². The molecule has 0 saturated carbocycles. The van der Waals surface area contributed by atoms with Gasteiger partial charge in [0.25, 0.3) is 27.3 Å². The third kappa shape index (κ3) is 3.80. The van der Waals surface area contributed by atoms with Crippen molar-refractivity contribution in [3.05, 3.63) is 77.9 Å². The van der Waals surface area contributed by atoms with Gasteiger partial charge in [0, 0.05) is 24.3 Å². The highest BCUT2D eigenvalue weighted by atomic mass is 32.2. The van der Waals surface area contributed by atoms with E-state index in [1.807, 2.05) is 0 Å². The van der Waals surface area contributed by atoms with Crippen molar-refractivity contribution < 1.29 is 41.3 Å². The van der Waals surface area contributed by atoms with Crippen LogP contribution < -0.4 is 4.72 Å². The van der Waals surface area contributed by atoms with Gasteiger partial charge in [0.05, 0.1) is 25.4 Å². The number of nitro benzene ring substituents is 2. The Morgan fingerprint density at radius 1 is 0.758 bits per heavy atom. The lowest BCUT2D eigenvalue weighted by Gasteiger charge is -2.01. The van der Waals surface area contributed by atoms with E-state index in [4.69, 9.17) is 0 Å². The molecule has 2 amide bonds. The molecule has 0 bridgehead atoms. The van der Waals surface area contributed by atoms with Gasteiger partial charge in [-0.25, -0.2) is 23.3 Å². The first kappa shape index (κ1) is 23.1. The van der Waals surface area contributed by atoms with Crippen molar-refractivity contribution in [1.29, 1.82) is 0 Å². The first-order chi connectivity index (χ1) is 15.2. The van der Waals surface area contributed by atoms with Crippen LogP contribution in [0.3, 0.4) is 0 Å². The number of hydrogen-bond acceptors (Lipinski definition) is 12. The Labute approximate surface area is 181 Å². The molecule has 2 aliphatic rings. The van der Waals surface area contributed by atoms with Gasteiger partial charge in [-0.15, -0.1) is 0 Å². The number of carbonyl (C=O) groups is 2. The molecule has 0 spiro atoms. The first-order valence-corrected chi connectivity index (χ1v) is 11.0. The molecular weight excluding hydrogens is 494 g/mol. The van der Waals surface area contributed by atoms with E-state index >= 15 is 0 Å². The minimum Gasteiger partial charge on any atom is -0.268 e. The fourth-order valence-corrected chi connectivity index (χ4v) is 5.32. The van der Waals surface area contributed by atoms with Crippen LogP contribution in [-0.4, -0.2) is 47.9 Å². The fraction of sp³-hybridized carbons (Fsp3) is 0. The van der Waals surface area contributed by atoms with Gasteiger partial charge in [-0.3, -0.25) is 29.8 Å². The number of benzene rings is 2. The monoisotopic (exact) mass is 501 g/mol. The Hall–Kier alpha value is -4.52. The Morgan fingerprint density at radius 2 is 1.24 bits per heavy atom. The Balaban J connectivity index is 0.000000189. The first-order valence-electron chi connectivity index (χ1n) is 8.06. The average molecular weight is 501 g/mol. The number of non-ortho nitro benzene ring substituents is 2. The summed E-state index contributed by atoms with van der Waals surface area (Å²) in [4.78, 5) is 51.3. The predicted molar refractivity (Wildman–Crippen MR) is 101 cm³/mol. The molecule has 2 heterocycles. The largest absolute Gasteiger partial charge is 0.334 e. The molecule has 0 aromatic heterocycles. The zero-order valence-electron chi connectivity index (χ0n) is 15.5. The Bertz CT molecular complexity index is 1500. The van der Waals surface area contributed by atoms with Crippen LogP contribution in [0.25, 0.3) is 0 Å². The number of carbonyl (C=O) groups excluding carboxylic acids is 2. The number of nitro groups is 3. The van der Waals surface area contributed by atoms with E-state index in [1.54, 1.807) is 4.72 Å². The molecule has 17 nitrogen and oxygen atoms in total. The van der Waals surface area contributed by atoms with E-state index in [-0.39, 0.29) is 16.1 Å². The number of amides is 2. The van der Waals surface area contributed by atoms with Crippen molar-refractivity contribution in [2.45, 2.75) is 9.79 Å². The van der Waals surface area contributed by atoms with Gasteiger partial charge in [-0.1, -0.05) is 0 Å². The molecule has 0 atom stereocenters. The van der Waals surface area contributed by atoms with Crippen molar-refractivity contribution in [2.24, 2.45) is 0 Å². The van der Waals surface area contributed by atoms with Crippen molar-refractivity contribution >= 4 is 43.2 Å². The van der Waals surface area contributed by atoms with E-state index in [0.29, 0.717) is 6.07 Å². The highest BCUT2D eigenvalue weighted by molar-refractivity contribution is 7.90. The van der Waals surface area contributed by atoms with E-state index < -0.39 is 67.3 Å². The molecule has 0 unspecified atom stereocenters. The maximum atomic E-state index is 11.7. The summed E-state index contributed by atoms with van der Waals surface area (Å²) >= 11 is 0. The zero-order chi connectivity index (χ0) is 24.9. The van der Waals surface area contributed by atoms with Crippen LogP contribution in [0.2, 0.25) is 0 Å². The minimum atomic E-state index is -4.67. The van der Waals surface area contributed by atoms with Gasteiger partial charge in [-0.2, -0.15) is 8.42 Å². The van der Waals surface area contributed by atoms with Crippen molar-refractivity contribution in [1.82, 2.24) is 9.14 Å². The van der Waals surface area contributed by atoms with Crippen LogP contribution in [0.1, 0.15) is 20.7 Å². The summed E-state index contributed by atoms with van der Waals surface area (Å²) in [5.74, 6) is -2.11. The number of nitrogens with one attached hydrogen (secondary N) is 1. The molecule has 0 aliphatic carbocycles. The number of sulfonamides is 2.